The number of H-pyrrole nitrogens is 1. The summed E-state index contributed by atoms with van der Waals surface area (Å²) >= 11 is 0. The van der Waals surface area contributed by atoms with Crippen LogP contribution in [0, 0.1) is 0 Å². The summed E-state index contributed by atoms with van der Waals surface area (Å²) in [5.41, 5.74) is 15.4. The molecule has 8 bridgehead atoms. The molecular weight excluding hydrogens is 653 g/mol. The van der Waals surface area contributed by atoms with Crippen LogP contribution < -0.4 is 0 Å². The highest BCUT2D eigenvalue weighted by molar-refractivity contribution is 6.10. The molecule has 0 unspecified atom stereocenters. The Kier molecular flexibility index (Phi) is 9.00. The fourth-order valence-electron chi connectivity index (χ4n) is 6.81. The standard InChI is InChI=1S/C44H30N4.C3H4O2/c1-5-13-30(14-6-1)41-39-26-25-36(47-39)28-35-22-21-33(45-35)27-34-23-24-37(46-34)29-40-42(31-15-7-2-8-16-31)43(32-17-9-3-10-18-32)44(41)48(40)38-19-11-4-12-20-38;1-2-3(4)5/h1-29,45H;2H,1H2,(H,4,5). The molecule has 0 atom stereocenters. The molecule has 0 saturated carbocycles. The summed E-state index contributed by atoms with van der Waals surface area (Å²) in [5, 5.41) is 7.60. The Morgan fingerprint density at radius 1 is 0.566 bits per heavy atom. The zero-order valence-electron chi connectivity index (χ0n) is 28.7. The number of aromatic nitrogens is 4. The van der Waals surface area contributed by atoms with E-state index in [9.17, 15) is 4.79 Å². The Morgan fingerprint density at radius 2 is 1.02 bits per heavy atom. The maximum atomic E-state index is 9.25. The first-order valence-corrected chi connectivity index (χ1v) is 17.3. The highest BCUT2D eigenvalue weighted by Gasteiger charge is 2.25. The van der Waals surface area contributed by atoms with Gasteiger partial charge in [0.15, 0.2) is 0 Å². The quantitative estimate of drug-likeness (QED) is 0.177. The number of aliphatic carboxylic acids is 1. The van der Waals surface area contributed by atoms with Gasteiger partial charge in [0, 0.05) is 39.5 Å². The molecule has 6 heteroatoms. The summed E-state index contributed by atoms with van der Waals surface area (Å²) in [4.78, 5) is 23.1. The van der Waals surface area contributed by atoms with E-state index in [1.54, 1.807) is 0 Å². The molecule has 4 aromatic carbocycles. The van der Waals surface area contributed by atoms with E-state index in [2.05, 4.69) is 192 Å². The number of nitrogens with zero attached hydrogens (tertiary/aromatic N) is 3. The lowest BCUT2D eigenvalue weighted by molar-refractivity contribution is -0.131. The monoisotopic (exact) mass is 686 g/mol. The van der Waals surface area contributed by atoms with Gasteiger partial charge in [-0.1, -0.05) is 116 Å². The minimum atomic E-state index is -0.981. The number of carboxylic acids is 1. The zero-order chi connectivity index (χ0) is 36.1. The lowest BCUT2D eigenvalue weighted by Crippen LogP contribution is -1.97. The number of benzene rings is 4. The number of aromatic amines is 1. The van der Waals surface area contributed by atoms with Crippen LogP contribution >= 0.6 is 0 Å². The predicted octanol–water partition coefficient (Wildman–Crippen LogP) is 11.4. The van der Waals surface area contributed by atoms with Crippen molar-refractivity contribution in [3.63, 3.8) is 0 Å². The van der Waals surface area contributed by atoms with Crippen LogP contribution in [0.5, 0.6) is 0 Å². The minimum Gasteiger partial charge on any atom is -0.478 e. The van der Waals surface area contributed by atoms with Crippen LogP contribution in [-0.4, -0.2) is 30.6 Å². The summed E-state index contributed by atoms with van der Waals surface area (Å²) in [7, 11) is 0. The van der Waals surface area contributed by atoms with E-state index in [1.165, 1.54) is 0 Å². The van der Waals surface area contributed by atoms with Gasteiger partial charge >= 0.3 is 5.97 Å². The molecule has 2 N–H and O–H groups in total. The molecule has 0 spiro atoms. The van der Waals surface area contributed by atoms with Crippen LogP contribution in [0.3, 0.4) is 0 Å². The Hall–Kier alpha value is -7.31. The number of fused-ring (bicyclic) bond motifs is 8. The van der Waals surface area contributed by atoms with Gasteiger partial charge in [0.1, 0.15) is 0 Å². The second kappa shape index (κ2) is 14.5. The van der Waals surface area contributed by atoms with Crippen molar-refractivity contribution in [1.29, 1.82) is 0 Å². The predicted molar refractivity (Wildman–Crippen MR) is 218 cm³/mol. The number of hydrogen-bond donors (Lipinski definition) is 2. The van der Waals surface area contributed by atoms with Gasteiger partial charge in [-0.05, 0) is 83.5 Å². The molecule has 7 aromatic rings. The molecule has 0 saturated heterocycles. The van der Waals surface area contributed by atoms with E-state index in [0.717, 1.165) is 90.0 Å². The van der Waals surface area contributed by atoms with E-state index in [1.807, 2.05) is 0 Å². The maximum Gasteiger partial charge on any atom is 0.327 e. The van der Waals surface area contributed by atoms with Crippen molar-refractivity contribution in [3.8, 4) is 39.1 Å². The van der Waals surface area contributed by atoms with Crippen LogP contribution in [0.4, 0.5) is 0 Å². The lowest BCUT2D eigenvalue weighted by Gasteiger charge is -2.13. The largest absolute Gasteiger partial charge is 0.478 e. The van der Waals surface area contributed by atoms with E-state index in [0.29, 0.717) is 0 Å². The Labute approximate surface area is 307 Å². The van der Waals surface area contributed by atoms with Crippen LogP contribution in [0.2, 0.25) is 0 Å². The highest BCUT2D eigenvalue weighted by Crippen LogP contribution is 2.47. The molecule has 0 aliphatic carbocycles. The summed E-state index contributed by atoms with van der Waals surface area (Å²) in [6.07, 6.45) is 9.27. The summed E-state index contributed by atoms with van der Waals surface area (Å²) in [6, 6.07) is 53.3. The maximum absolute atomic E-state index is 9.25. The average Bonchev–Trinajstić information content (AvgIpc) is 4.01. The topological polar surface area (TPSA) is 83.8 Å². The lowest BCUT2D eigenvalue weighted by atomic mass is 9.93. The van der Waals surface area contributed by atoms with Crippen LogP contribution in [0.15, 0.2) is 164 Å². The van der Waals surface area contributed by atoms with Crippen LogP contribution in [0.25, 0.3) is 85.4 Å². The first kappa shape index (κ1) is 32.9. The third-order valence-corrected chi connectivity index (χ3v) is 9.04. The average molecular weight is 687 g/mol. The number of carbonyl (C=O) groups is 1. The van der Waals surface area contributed by atoms with Gasteiger partial charge in [-0.3, -0.25) is 0 Å². The molecule has 5 heterocycles. The summed E-state index contributed by atoms with van der Waals surface area (Å²) in [5.74, 6) is -0.981. The number of rotatable bonds is 5. The molecule has 9 rings (SSSR count). The van der Waals surface area contributed by atoms with E-state index in [4.69, 9.17) is 15.1 Å². The molecular formula is C47H34N4O2. The Balaban J connectivity index is 0.000000752. The molecule has 53 heavy (non-hydrogen) atoms. The van der Waals surface area contributed by atoms with Gasteiger partial charge in [0.05, 0.1) is 33.8 Å². The van der Waals surface area contributed by atoms with Crippen molar-refractivity contribution in [3.05, 3.63) is 187 Å². The van der Waals surface area contributed by atoms with Crippen molar-refractivity contribution < 1.29 is 9.90 Å². The fraction of sp³-hybridized carbons (Fsp3) is 0. The second-order valence-electron chi connectivity index (χ2n) is 12.5. The highest BCUT2D eigenvalue weighted by atomic mass is 16.4. The normalized spacial score (nSPS) is 11.5. The molecule has 3 aromatic heterocycles. The third-order valence-electron chi connectivity index (χ3n) is 9.04. The number of para-hydroxylation sites is 1. The fourth-order valence-corrected chi connectivity index (χ4v) is 6.81. The van der Waals surface area contributed by atoms with E-state index >= 15 is 0 Å². The minimum absolute atomic E-state index is 0.833. The second-order valence-corrected chi connectivity index (χ2v) is 12.5. The van der Waals surface area contributed by atoms with Crippen molar-refractivity contribution in [2.24, 2.45) is 0 Å². The number of nitrogens with one attached hydrogen (secondary N) is 1. The SMILES string of the molecule is C1=Cc2cc3c(-c4ccccc4)c(-c4ccccc4)c(c(-c4ccccc4)c4nc(cc5ccc(cc1n2)[nH]5)C=C4)n3-c1ccccc1.C=CC(=O)O. The van der Waals surface area contributed by atoms with Gasteiger partial charge < -0.3 is 14.7 Å². The van der Waals surface area contributed by atoms with Crippen LogP contribution in [-0.2, 0) is 4.79 Å². The molecule has 0 fully saturated rings. The van der Waals surface area contributed by atoms with Crippen molar-refractivity contribution in [2.75, 3.05) is 0 Å². The van der Waals surface area contributed by atoms with Gasteiger partial charge in [-0.2, -0.15) is 0 Å². The molecule has 254 valence electrons. The van der Waals surface area contributed by atoms with Crippen molar-refractivity contribution in [2.45, 2.75) is 0 Å². The first-order chi connectivity index (χ1) is 26.1. The molecule has 0 radical (unpaired) electrons. The Bertz CT molecular complexity index is 2690. The zero-order valence-corrected chi connectivity index (χ0v) is 28.7. The number of hydrogen-bond acceptors (Lipinski definition) is 3. The van der Waals surface area contributed by atoms with Gasteiger partial charge in [-0.25, -0.2) is 14.8 Å². The molecule has 2 aliphatic heterocycles. The van der Waals surface area contributed by atoms with Crippen LogP contribution in [0.1, 0.15) is 22.8 Å². The molecule has 2 aliphatic rings. The van der Waals surface area contributed by atoms with E-state index < -0.39 is 5.97 Å². The van der Waals surface area contributed by atoms with Gasteiger partial charge in [0.25, 0.3) is 0 Å². The van der Waals surface area contributed by atoms with Crippen molar-refractivity contribution in [1.82, 2.24) is 19.5 Å². The van der Waals surface area contributed by atoms with E-state index in [-0.39, 0.29) is 0 Å². The van der Waals surface area contributed by atoms with Crippen molar-refractivity contribution >= 4 is 52.3 Å². The number of carboxylic acid groups (broad SMARTS) is 1. The van der Waals surface area contributed by atoms with Gasteiger partial charge in [-0.15, -0.1) is 0 Å². The smallest absolute Gasteiger partial charge is 0.327 e. The summed E-state index contributed by atoms with van der Waals surface area (Å²) < 4.78 is 2.41. The Morgan fingerprint density at radius 3 is 1.57 bits per heavy atom. The summed E-state index contributed by atoms with van der Waals surface area (Å²) in [6.45, 7) is 2.96. The van der Waals surface area contributed by atoms with Gasteiger partial charge in [0.2, 0.25) is 0 Å². The first-order valence-electron chi connectivity index (χ1n) is 17.3. The third kappa shape index (κ3) is 6.77. The molecule has 0 amide bonds. The molecule has 6 nitrogen and oxygen atoms in total.